The lowest BCUT2D eigenvalue weighted by Gasteiger charge is -2.13. The van der Waals surface area contributed by atoms with Gasteiger partial charge >= 0.3 is 0 Å². The molecular formula is C16H17BrN2O6S. The van der Waals surface area contributed by atoms with Crippen LogP contribution in [0.4, 0.5) is 0 Å². The van der Waals surface area contributed by atoms with E-state index in [0.29, 0.717) is 16.0 Å². The zero-order valence-corrected chi connectivity index (χ0v) is 16.6. The van der Waals surface area contributed by atoms with Gasteiger partial charge in [0.25, 0.3) is 15.9 Å². The molecule has 2 aromatic rings. The summed E-state index contributed by atoms with van der Waals surface area (Å²) >= 11 is 3.20. The molecule has 2 aromatic carbocycles. The summed E-state index contributed by atoms with van der Waals surface area (Å²) in [5, 5.41) is 0. The van der Waals surface area contributed by atoms with Crippen LogP contribution in [0.5, 0.6) is 17.2 Å². The van der Waals surface area contributed by atoms with Gasteiger partial charge in [0, 0.05) is 16.1 Å². The molecule has 0 fully saturated rings. The number of hydrogen-bond donors (Lipinski definition) is 2. The lowest BCUT2D eigenvalue weighted by molar-refractivity contribution is 0.0944. The van der Waals surface area contributed by atoms with Crippen molar-refractivity contribution in [1.82, 2.24) is 10.3 Å². The second-order valence-electron chi connectivity index (χ2n) is 4.96. The average Bonchev–Trinajstić information content (AvgIpc) is 2.65. The number of benzene rings is 2. The van der Waals surface area contributed by atoms with Crippen molar-refractivity contribution in [2.24, 2.45) is 0 Å². The van der Waals surface area contributed by atoms with Gasteiger partial charge in [-0.1, -0.05) is 15.9 Å². The molecular weight excluding hydrogens is 428 g/mol. The van der Waals surface area contributed by atoms with Gasteiger partial charge in [-0.05, 0) is 30.3 Å². The van der Waals surface area contributed by atoms with Crippen LogP contribution in [0.2, 0.25) is 0 Å². The molecule has 1 amide bonds. The predicted molar refractivity (Wildman–Crippen MR) is 98.0 cm³/mol. The van der Waals surface area contributed by atoms with Gasteiger partial charge < -0.3 is 14.2 Å². The molecule has 0 saturated carbocycles. The molecule has 0 aliphatic heterocycles. The molecule has 0 spiro atoms. The van der Waals surface area contributed by atoms with E-state index in [9.17, 15) is 13.2 Å². The number of methoxy groups -OCH3 is 3. The molecule has 0 aromatic heterocycles. The number of carbonyl (C=O) groups is 1. The van der Waals surface area contributed by atoms with Crippen molar-refractivity contribution in [2.45, 2.75) is 4.90 Å². The lowest BCUT2D eigenvalue weighted by atomic mass is 10.2. The van der Waals surface area contributed by atoms with E-state index in [0.717, 1.165) is 0 Å². The summed E-state index contributed by atoms with van der Waals surface area (Å²) in [5.41, 5.74) is 2.31. The summed E-state index contributed by atoms with van der Waals surface area (Å²) in [6.45, 7) is 0. The number of hydrogen-bond acceptors (Lipinski definition) is 6. The largest absolute Gasteiger partial charge is 0.497 e. The highest BCUT2D eigenvalue weighted by atomic mass is 79.9. The van der Waals surface area contributed by atoms with Gasteiger partial charge in [-0.25, -0.2) is 8.42 Å². The van der Waals surface area contributed by atoms with E-state index in [1.807, 2.05) is 4.83 Å². The van der Waals surface area contributed by atoms with Crippen molar-refractivity contribution in [3.63, 3.8) is 0 Å². The smallest absolute Gasteiger partial charge is 0.266 e. The van der Waals surface area contributed by atoms with Gasteiger partial charge in [0.05, 0.1) is 21.3 Å². The third-order valence-electron chi connectivity index (χ3n) is 3.33. The highest BCUT2D eigenvalue weighted by Gasteiger charge is 2.21. The molecule has 140 valence electrons. The monoisotopic (exact) mass is 444 g/mol. The zero-order chi connectivity index (χ0) is 19.3. The fourth-order valence-corrected chi connectivity index (χ4v) is 3.59. The number of carbonyl (C=O) groups excluding carboxylic acids is 1. The number of sulfonamides is 1. The maximum Gasteiger partial charge on any atom is 0.266 e. The minimum absolute atomic E-state index is 0.127. The van der Waals surface area contributed by atoms with E-state index in [-0.39, 0.29) is 16.2 Å². The van der Waals surface area contributed by atoms with E-state index >= 15 is 0 Å². The fourth-order valence-electron chi connectivity index (χ4n) is 2.04. The standard InChI is InChI=1S/C16H17BrN2O6S/c1-23-12-6-10(7-13(9-12)24-2)16(20)18-19-26(21,22)15-8-11(17)4-5-14(15)25-3/h4-9,19H,1-3H3,(H,18,20). The van der Waals surface area contributed by atoms with Crippen molar-refractivity contribution in [1.29, 1.82) is 0 Å². The molecule has 0 saturated heterocycles. The van der Waals surface area contributed by atoms with E-state index in [1.165, 1.54) is 45.6 Å². The van der Waals surface area contributed by atoms with Gasteiger partial charge in [-0.2, -0.15) is 0 Å². The van der Waals surface area contributed by atoms with Crippen LogP contribution in [-0.4, -0.2) is 35.7 Å². The summed E-state index contributed by atoms with van der Waals surface area (Å²) in [4.78, 5) is 14.2. The number of nitrogens with one attached hydrogen (secondary N) is 2. The first kappa shape index (κ1) is 20.0. The van der Waals surface area contributed by atoms with Crippen LogP contribution >= 0.6 is 15.9 Å². The lowest BCUT2D eigenvalue weighted by Crippen LogP contribution is -2.41. The van der Waals surface area contributed by atoms with Crippen LogP contribution in [-0.2, 0) is 10.0 Å². The van der Waals surface area contributed by atoms with Crippen LogP contribution in [0.15, 0.2) is 45.8 Å². The molecule has 10 heteroatoms. The SMILES string of the molecule is COc1cc(OC)cc(C(=O)NNS(=O)(=O)c2cc(Br)ccc2OC)c1. The van der Waals surface area contributed by atoms with Gasteiger partial charge in [-0.15, -0.1) is 4.83 Å². The molecule has 0 heterocycles. The summed E-state index contributed by atoms with van der Waals surface area (Å²) in [6.07, 6.45) is 0. The van der Waals surface area contributed by atoms with Gasteiger partial charge in [-0.3, -0.25) is 10.2 Å². The van der Waals surface area contributed by atoms with E-state index in [2.05, 4.69) is 21.4 Å². The number of halogens is 1. The Hall–Kier alpha value is -2.30. The average molecular weight is 445 g/mol. The number of rotatable bonds is 7. The van der Waals surface area contributed by atoms with Crippen molar-refractivity contribution in [2.75, 3.05) is 21.3 Å². The minimum Gasteiger partial charge on any atom is -0.497 e. The Kier molecular flexibility index (Phi) is 6.46. The Morgan fingerprint density at radius 2 is 1.58 bits per heavy atom. The number of hydrazine groups is 1. The number of ether oxygens (including phenoxy) is 3. The van der Waals surface area contributed by atoms with E-state index < -0.39 is 15.9 Å². The highest BCUT2D eigenvalue weighted by Crippen LogP contribution is 2.27. The van der Waals surface area contributed by atoms with Crippen molar-refractivity contribution < 1.29 is 27.4 Å². The minimum atomic E-state index is -4.06. The van der Waals surface area contributed by atoms with Crippen molar-refractivity contribution in [3.05, 3.63) is 46.4 Å². The highest BCUT2D eigenvalue weighted by molar-refractivity contribution is 9.10. The predicted octanol–water partition coefficient (Wildman–Crippen LogP) is 2.10. The Bertz CT molecular complexity index is 895. The zero-order valence-electron chi connectivity index (χ0n) is 14.2. The van der Waals surface area contributed by atoms with Crippen molar-refractivity contribution in [3.8, 4) is 17.2 Å². The molecule has 0 radical (unpaired) electrons. The van der Waals surface area contributed by atoms with Gasteiger partial charge in [0.15, 0.2) is 0 Å². The third-order valence-corrected chi connectivity index (χ3v) is 5.09. The molecule has 2 rings (SSSR count). The molecule has 0 atom stereocenters. The number of amides is 1. The second kappa shape index (κ2) is 8.39. The second-order valence-corrected chi connectivity index (χ2v) is 7.52. The van der Waals surface area contributed by atoms with Gasteiger partial charge in [0.2, 0.25) is 0 Å². The Morgan fingerprint density at radius 1 is 0.962 bits per heavy atom. The Morgan fingerprint density at radius 3 is 2.12 bits per heavy atom. The van der Waals surface area contributed by atoms with E-state index in [4.69, 9.17) is 14.2 Å². The molecule has 0 aliphatic rings. The maximum atomic E-state index is 12.5. The van der Waals surface area contributed by atoms with Gasteiger partial charge in [0.1, 0.15) is 22.1 Å². The Labute approximate surface area is 159 Å². The third kappa shape index (κ3) is 4.65. The maximum absolute atomic E-state index is 12.5. The first-order chi connectivity index (χ1) is 12.3. The summed E-state index contributed by atoms with van der Waals surface area (Å²) in [5.74, 6) is 0.245. The van der Waals surface area contributed by atoms with Crippen LogP contribution < -0.4 is 24.5 Å². The summed E-state index contributed by atoms with van der Waals surface area (Å²) in [7, 11) is 0.177. The first-order valence-electron chi connectivity index (χ1n) is 7.19. The molecule has 0 bridgehead atoms. The topological polar surface area (TPSA) is 103 Å². The quantitative estimate of drug-likeness (QED) is 0.633. The van der Waals surface area contributed by atoms with E-state index in [1.54, 1.807) is 12.1 Å². The normalized spacial score (nSPS) is 10.9. The van der Waals surface area contributed by atoms with Crippen LogP contribution in [0.3, 0.4) is 0 Å². The summed E-state index contributed by atoms with van der Waals surface area (Å²) < 4.78 is 40.7. The fraction of sp³-hybridized carbons (Fsp3) is 0.188. The molecule has 8 nitrogen and oxygen atoms in total. The Balaban J connectivity index is 2.22. The van der Waals surface area contributed by atoms with Crippen LogP contribution in [0.25, 0.3) is 0 Å². The first-order valence-corrected chi connectivity index (χ1v) is 9.47. The molecule has 0 aliphatic carbocycles. The molecule has 2 N–H and O–H groups in total. The van der Waals surface area contributed by atoms with Crippen LogP contribution in [0.1, 0.15) is 10.4 Å². The summed E-state index contributed by atoms with van der Waals surface area (Å²) in [6, 6.07) is 8.99. The van der Waals surface area contributed by atoms with Crippen LogP contribution in [0, 0.1) is 0 Å². The molecule has 26 heavy (non-hydrogen) atoms. The van der Waals surface area contributed by atoms with Crippen molar-refractivity contribution >= 4 is 31.9 Å². The molecule has 0 unspecified atom stereocenters.